The number of hydrogen-bond donors (Lipinski definition) is 0. The van der Waals surface area contributed by atoms with Gasteiger partial charge in [0.2, 0.25) is 12.4 Å². The van der Waals surface area contributed by atoms with E-state index >= 15 is 0 Å². The minimum Gasteiger partial charge on any atom is -0.426 e. The number of benzene rings is 9. The molecule has 0 N–H and O–H groups in total. The third-order valence-electron chi connectivity index (χ3n) is 25.6. The first-order valence-corrected chi connectivity index (χ1v) is 46.9. The van der Waals surface area contributed by atoms with Crippen molar-refractivity contribution in [2.75, 3.05) is 0 Å². The summed E-state index contributed by atoms with van der Waals surface area (Å²) in [7, 11) is 16.5. The highest BCUT2D eigenvalue weighted by atomic mass is 16.5. The first-order chi connectivity index (χ1) is 63.6. The maximum absolute atomic E-state index is 6.54. The van der Waals surface area contributed by atoms with Gasteiger partial charge in [-0.05, 0) is 156 Å². The lowest BCUT2D eigenvalue weighted by molar-refractivity contribution is -0.815. The highest BCUT2D eigenvalue weighted by molar-refractivity contribution is 5.77. The minimum absolute atomic E-state index is 0.373. The van der Waals surface area contributed by atoms with Crippen molar-refractivity contribution in [1.82, 2.24) is 46.7 Å². The molecule has 9 aromatic carbocycles. The molecule has 688 valence electrons. The summed E-state index contributed by atoms with van der Waals surface area (Å²) in [4.78, 5) is 8.98. The first-order valence-electron chi connectivity index (χ1n) is 46.9. The fraction of sp³-hybridized carbons (Fsp3) is 0.327. The molecular weight excluding hydrogens is 1650 g/mol. The van der Waals surface area contributed by atoms with Crippen LogP contribution in [0.3, 0.4) is 0 Å². The van der Waals surface area contributed by atoms with Gasteiger partial charge in [0, 0.05) is 58.2 Å². The number of aromatic nitrogens is 16. The van der Waals surface area contributed by atoms with Crippen LogP contribution >= 0.6 is 0 Å². The van der Waals surface area contributed by atoms with E-state index in [0.29, 0.717) is 47.3 Å². The molecule has 0 atom stereocenters. The second-order valence-electron chi connectivity index (χ2n) is 37.8. The SMILES string of the molecule is Cc1ccccc1Oc1cn(-c2c(C(C)C)cccc2C(C)C)c(-[n+]2cc3ccccc3n2C)[n+]1C.Cc1ccccc1Oc1cn(-c2c(C(C)C)cccc2C(C)C)c(-c2cnc(C)n2C)[n+]1C.Cc1ccccc1Oc1cn(-c2c(C(C)C)cccc2C(C)C)c(-c2cncn2C)[n+]1C.Cc1ccccc1Oc1cn(-c2c(C(C)C)cccc2C(C)C)c(-n2ccc[n+]2C)[n+]1C. The van der Waals surface area contributed by atoms with E-state index in [1.807, 2.05) is 105 Å². The molecule has 0 saturated heterocycles. The maximum atomic E-state index is 6.54. The van der Waals surface area contributed by atoms with Gasteiger partial charge in [-0.1, -0.05) is 273 Å². The Bertz CT molecular complexity index is 6690. The fourth-order valence-electron chi connectivity index (χ4n) is 17.9. The molecule has 0 unspecified atom stereocenters. The number of ether oxygens (including phenoxy) is 4. The molecule has 133 heavy (non-hydrogen) atoms. The van der Waals surface area contributed by atoms with E-state index in [-0.39, 0.29) is 0 Å². The van der Waals surface area contributed by atoms with Gasteiger partial charge in [0.15, 0.2) is 42.7 Å². The number of nitrogens with zero attached hydrogens (tertiary/aromatic N) is 16. The molecular formula is C113H138N16O4+6. The van der Waals surface area contributed by atoms with Crippen LogP contribution in [0.5, 0.6) is 46.5 Å². The van der Waals surface area contributed by atoms with Crippen LogP contribution in [0.1, 0.15) is 231 Å². The van der Waals surface area contributed by atoms with Gasteiger partial charge in [-0.15, -0.1) is 9.13 Å². The first kappa shape index (κ1) is 95.2. The van der Waals surface area contributed by atoms with E-state index in [2.05, 4.69) is 433 Å². The Morgan fingerprint density at radius 3 is 1.00 bits per heavy atom. The Labute approximate surface area is 787 Å². The summed E-state index contributed by atoms with van der Waals surface area (Å²) in [6.07, 6.45) is 20.5. The topological polar surface area (TPSA) is 125 Å². The normalized spacial score (nSPS) is 11.6. The van der Waals surface area contributed by atoms with E-state index < -0.39 is 0 Å². The van der Waals surface area contributed by atoms with Crippen LogP contribution < -0.4 is 46.6 Å². The van der Waals surface area contributed by atoms with E-state index in [1.54, 1.807) is 0 Å². The molecule has 20 nitrogen and oxygen atoms in total. The Kier molecular flexibility index (Phi) is 29.0. The fourth-order valence-corrected chi connectivity index (χ4v) is 17.9. The molecule has 8 aromatic heterocycles. The lowest BCUT2D eigenvalue weighted by Crippen LogP contribution is -2.51. The summed E-state index contributed by atoms with van der Waals surface area (Å²) < 4.78 is 56.4. The van der Waals surface area contributed by atoms with Gasteiger partial charge in [-0.3, -0.25) is 0 Å². The second-order valence-corrected chi connectivity index (χ2v) is 37.8. The second kappa shape index (κ2) is 40.5. The smallest absolute Gasteiger partial charge is 0.426 e. The number of hydrogen-bond acceptors (Lipinski definition) is 6. The summed E-state index contributed by atoms with van der Waals surface area (Å²) in [6, 6.07) is 69.8. The van der Waals surface area contributed by atoms with Crippen molar-refractivity contribution in [3.63, 3.8) is 0 Å². The monoisotopic (exact) mass is 1780 g/mol. The number of fused-ring (bicyclic) bond motifs is 1. The van der Waals surface area contributed by atoms with Crippen LogP contribution in [0.4, 0.5) is 0 Å². The number of aryl methyl sites for hydroxylation is 8. The van der Waals surface area contributed by atoms with Crippen LogP contribution in [-0.4, -0.2) is 46.7 Å². The van der Waals surface area contributed by atoms with Crippen molar-refractivity contribution in [1.29, 1.82) is 0 Å². The Morgan fingerprint density at radius 1 is 0.331 bits per heavy atom. The molecule has 0 radical (unpaired) electrons. The molecule has 0 aliphatic carbocycles. The molecule has 17 rings (SSSR count). The van der Waals surface area contributed by atoms with E-state index in [0.717, 1.165) is 110 Å². The van der Waals surface area contributed by atoms with Crippen molar-refractivity contribution in [3.8, 4) is 104 Å². The van der Waals surface area contributed by atoms with Gasteiger partial charge < -0.3 is 28.1 Å². The Hall–Kier alpha value is -13.9. The van der Waals surface area contributed by atoms with Crippen molar-refractivity contribution in [2.45, 2.75) is 193 Å². The minimum atomic E-state index is 0.373. The molecule has 0 spiro atoms. The van der Waals surface area contributed by atoms with Crippen LogP contribution in [0.25, 0.3) is 68.6 Å². The molecule has 17 aromatic rings. The average molecular weight is 1780 g/mol. The van der Waals surface area contributed by atoms with E-state index in [1.165, 1.54) is 78.2 Å². The Balaban J connectivity index is 0.000000143. The zero-order chi connectivity index (χ0) is 95.4. The number of para-hydroxylation sites is 9. The molecule has 0 aliphatic rings. The molecule has 0 aliphatic heterocycles. The van der Waals surface area contributed by atoms with Crippen molar-refractivity contribution in [2.24, 2.45) is 56.4 Å². The average Bonchev–Trinajstić information content (AvgIpc) is 1.61. The Morgan fingerprint density at radius 2 is 0.662 bits per heavy atom. The van der Waals surface area contributed by atoms with Crippen molar-refractivity contribution < 1.29 is 46.6 Å². The van der Waals surface area contributed by atoms with E-state index in [9.17, 15) is 0 Å². The van der Waals surface area contributed by atoms with Gasteiger partial charge in [-0.25, -0.2) is 9.97 Å². The summed E-state index contributed by atoms with van der Waals surface area (Å²) >= 11 is 0. The van der Waals surface area contributed by atoms with E-state index in [4.69, 9.17) is 18.9 Å². The standard InChI is InChI=1S/C31H36N4O.C28H35N4O.C27H34N4O.C27H33N4O/c1-21(2)25-15-12-16-26(22(3)4)30(25)34-20-29(36-28-18-11-8-13-23(28)5)32(6)31(34)35-19-24-14-9-10-17-27(24)33(35)7;1-18(2)22-13-11-14-23(19(3)4)27(22)32-17-26(33-25-15-10-9-12-20(25)5)31(8)28(32)24-16-29-21(6)30(24)7;1-19(2)22-13-10-14-23(20(3)4)26(22)30-18-25(32-24-15-9-8-12-21(24)5)29(7)27(30)31-17-11-16-28(31)6;1-18(2)21-12-10-13-22(19(3)4)26(21)31-16-25(32-24-14-9-8-11-20(24)5)30(7)27(31)23-15-28-17-29(23)6/h8-22H,1-7H3;9-19H,1-8H3;8-20H,1-7H3;8-19H,1-7H3/q+2;+1;+2;+1. The lowest BCUT2D eigenvalue weighted by atomic mass is 9.92. The molecule has 0 fully saturated rings. The molecule has 0 bridgehead atoms. The molecule has 8 heterocycles. The zero-order valence-electron chi connectivity index (χ0n) is 83.7. The lowest BCUT2D eigenvalue weighted by Gasteiger charge is -2.17. The summed E-state index contributed by atoms with van der Waals surface area (Å²) in [5.41, 5.74) is 23.1. The summed E-state index contributed by atoms with van der Waals surface area (Å²) in [5, 5.41) is 1.19. The van der Waals surface area contributed by atoms with Gasteiger partial charge in [0.25, 0.3) is 5.88 Å². The van der Waals surface area contributed by atoms with Crippen LogP contribution in [0, 0.1) is 34.6 Å². The van der Waals surface area contributed by atoms with Gasteiger partial charge in [0.05, 0.1) is 57.8 Å². The quantitative estimate of drug-likeness (QED) is 0.0555. The predicted octanol–water partition coefficient (Wildman–Crippen LogP) is 24.1. The zero-order valence-corrected chi connectivity index (χ0v) is 83.7. The van der Waals surface area contributed by atoms with Crippen molar-refractivity contribution >= 4 is 10.9 Å². The summed E-state index contributed by atoms with van der Waals surface area (Å²) in [5.74, 6) is 14.7. The van der Waals surface area contributed by atoms with Crippen LogP contribution in [0.2, 0.25) is 0 Å². The van der Waals surface area contributed by atoms with Crippen LogP contribution in [-0.2, 0) is 56.4 Å². The largest absolute Gasteiger partial charge is 0.566 e. The number of imidazole rings is 6. The van der Waals surface area contributed by atoms with Gasteiger partial charge in [0.1, 0.15) is 65.3 Å². The maximum Gasteiger partial charge on any atom is 0.566 e. The highest BCUT2D eigenvalue weighted by Crippen LogP contribution is 2.42. The highest BCUT2D eigenvalue weighted by Gasteiger charge is 2.41. The van der Waals surface area contributed by atoms with Gasteiger partial charge >= 0.3 is 41.2 Å². The van der Waals surface area contributed by atoms with Gasteiger partial charge in [-0.2, -0.15) is 32.1 Å². The van der Waals surface area contributed by atoms with Crippen molar-refractivity contribution in [3.05, 3.63) is 335 Å². The van der Waals surface area contributed by atoms with Crippen LogP contribution in [0.15, 0.2) is 262 Å². The third-order valence-corrected chi connectivity index (χ3v) is 25.6. The number of rotatable bonds is 24. The summed E-state index contributed by atoms with van der Waals surface area (Å²) in [6.45, 7) is 46.4. The molecule has 0 saturated carbocycles. The molecule has 0 amide bonds. The predicted molar refractivity (Wildman–Crippen MR) is 533 cm³/mol. The third kappa shape index (κ3) is 19.5. The molecule has 20 heteroatoms.